The van der Waals surface area contributed by atoms with E-state index in [1.165, 1.54) is 10.7 Å². The fourth-order valence-electron chi connectivity index (χ4n) is 2.02. The van der Waals surface area contributed by atoms with Gasteiger partial charge in [-0.1, -0.05) is 42.1 Å². The van der Waals surface area contributed by atoms with E-state index in [2.05, 4.69) is 22.0 Å². The van der Waals surface area contributed by atoms with Gasteiger partial charge in [-0.25, -0.2) is 4.79 Å². The van der Waals surface area contributed by atoms with Crippen LogP contribution >= 0.6 is 0 Å². The number of aryl methyl sites for hydroxylation is 1. The maximum Gasteiger partial charge on any atom is 0.372 e. The van der Waals surface area contributed by atoms with Crippen molar-refractivity contribution in [1.29, 1.82) is 0 Å². The molecule has 0 unspecified atom stereocenters. The van der Waals surface area contributed by atoms with Gasteiger partial charge in [0.1, 0.15) is 0 Å². The van der Waals surface area contributed by atoms with Crippen LogP contribution in [0, 0.1) is 6.92 Å². The lowest BCUT2D eigenvalue weighted by molar-refractivity contribution is 0.671. The lowest BCUT2D eigenvalue weighted by Crippen LogP contribution is -2.27. The van der Waals surface area contributed by atoms with E-state index < -0.39 is 0 Å². The fraction of sp³-hybridized carbons (Fsp3) is 0.0769. The average molecular weight is 253 g/mol. The number of nitrogens with zero attached hydrogens (tertiary/aromatic N) is 5. The molecule has 0 atom stereocenters. The molecule has 2 aromatic heterocycles. The van der Waals surface area contributed by atoms with Crippen LogP contribution in [0.4, 0.5) is 0 Å². The van der Waals surface area contributed by atoms with Gasteiger partial charge in [-0.3, -0.25) is 0 Å². The lowest BCUT2D eigenvalue weighted by atomic mass is 10.1. The maximum atomic E-state index is 12.0. The van der Waals surface area contributed by atoms with Crippen LogP contribution in [0.25, 0.3) is 23.0 Å². The molecule has 6 nitrogen and oxygen atoms in total. The van der Waals surface area contributed by atoms with Gasteiger partial charge >= 0.3 is 5.69 Å². The van der Waals surface area contributed by atoms with Gasteiger partial charge in [0.05, 0.1) is 11.3 Å². The zero-order chi connectivity index (χ0) is 13.4. The highest BCUT2D eigenvalue weighted by Gasteiger charge is 2.15. The van der Waals surface area contributed by atoms with Crippen LogP contribution in [0.5, 0.6) is 0 Å². The van der Waals surface area contributed by atoms with Gasteiger partial charge in [-0.2, -0.15) is 14.3 Å². The molecule has 2 heterocycles. The molecule has 0 N–H and O–H groups in total. The van der Waals surface area contributed by atoms with Crippen molar-refractivity contribution in [3.05, 3.63) is 53.1 Å². The van der Waals surface area contributed by atoms with Gasteiger partial charge in [0.2, 0.25) is 0 Å². The van der Waals surface area contributed by atoms with Gasteiger partial charge in [0, 0.05) is 6.20 Å². The SMILES string of the molecule is C=Cn1nnc2c(-c3ccccc3)c(C)nn2c1=O. The fourth-order valence-corrected chi connectivity index (χ4v) is 2.02. The third-order valence-electron chi connectivity index (χ3n) is 2.88. The predicted molar refractivity (Wildman–Crippen MR) is 71.6 cm³/mol. The first-order chi connectivity index (χ1) is 9.22. The highest BCUT2D eigenvalue weighted by molar-refractivity contribution is 5.79. The summed E-state index contributed by atoms with van der Waals surface area (Å²) in [6.07, 6.45) is 1.30. The van der Waals surface area contributed by atoms with Crippen LogP contribution in [0.1, 0.15) is 5.69 Å². The third kappa shape index (κ3) is 1.65. The smallest absolute Gasteiger partial charge is 0.243 e. The van der Waals surface area contributed by atoms with E-state index in [1.54, 1.807) is 0 Å². The van der Waals surface area contributed by atoms with Crippen molar-refractivity contribution in [2.75, 3.05) is 0 Å². The summed E-state index contributed by atoms with van der Waals surface area (Å²) in [6.45, 7) is 5.35. The Morgan fingerprint density at radius 2 is 2.00 bits per heavy atom. The normalized spacial score (nSPS) is 10.8. The summed E-state index contributed by atoms with van der Waals surface area (Å²) in [7, 11) is 0. The minimum absolute atomic E-state index is 0.384. The van der Waals surface area contributed by atoms with Crippen molar-refractivity contribution in [2.24, 2.45) is 0 Å². The van der Waals surface area contributed by atoms with E-state index in [9.17, 15) is 4.79 Å². The summed E-state index contributed by atoms with van der Waals surface area (Å²) in [6, 6.07) is 9.68. The molecule has 94 valence electrons. The Morgan fingerprint density at radius 3 is 2.68 bits per heavy atom. The van der Waals surface area contributed by atoms with Crippen LogP contribution in [-0.2, 0) is 0 Å². The number of benzene rings is 1. The first-order valence-electron chi connectivity index (χ1n) is 5.75. The summed E-state index contributed by atoms with van der Waals surface area (Å²) in [5.74, 6) is 0. The molecule has 0 bridgehead atoms. The molecule has 0 amide bonds. The van der Waals surface area contributed by atoms with Crippen molar-refractivity contribution in [1.82, 2.24) is 24.6 Å². The molecule has 0 aliphatic rings. The van der Waals surface area contributed by atoms with Crippen molar-refractivity contribution in [3.63, 3.8) is 0 Å². The molecule has 0 aliphatic carbocycles. The number of hydrogen-bond donors (Lipinski definition) is 0. The molecule has 3 aromatic rings. The molecule has 0 spiro atoms. The minimum atomic E-state index is -0.384. The van der Waals surface area contributed by atoms with Crippen LogP contribution in [-0.4, -0.2) is 24.6 Å². The van der Waals surface area contributed by atoms with Crippen LogP contribution in [0.2, 0.25) is 0 Å². The maximum absolute atomic E-state index is 12.0. The lowest BCUT2D eigenvalue weighted by Gasteiger charge is -1.99. The molecule has 0 fully saturated rings. The van der Waals surface area contributed by atoms with E-state index >= 15 is 0 Å². The Balaban J connectivity index is 2.39. The largest absolute Gasteiger partial charge is 0.372 e. The first-order valence-corrected chi connectivity index (χ1v) is 5.75. The molecule has 0 radical (unpaired) electrons. The monoisotopic (exact) mass is 253 g/mol. The van der Waals surface area contributed by atoms with Gasteiger partial charge < -0.3 is 0 Å². The molecule has 0 aliphatic heterocycles. The topological polar surface area (TPSA) is 65.1 Å². The van der Waals surface area contributed by atoms with Crippen LogP contribution in [0.15, 0.2) is 41.7 Å². The Bertz CT molecular complexity index is 816. The van der Waals surface area contributed by atoms with Crippen molar-refractivity contribution < 1.29 is 0 Å². The van der Waals surface area contributed by atoms with Gasteiger partial charge in [-0.15, -0.1) is 5.10 Å². The highest BCUT2D eigenvalue weighted by atomic mass is 16.2. The number of aromatic nitrogens is 5. The molecule has 6 heteroatoms. The van der Waals surface area contributed by atoms with E-state index in [0.29, 0.717) is 5.65 Å². The van der Waals surface area contributed by atoms with Crippen molar-refractivity contribution in [2.45, 2.75) is 6.92 Å². The second-order valence-corrected chi connectivity index (χ2v) is 4.06. The Hall–Kier alpha value is -2.76. The second kappa shape index (κ2) is 4.16. The summed E-state index contributed by atoms with van der Waals surface area (Å²) < 4.78 is 2.29. The summed E-state index contributed by atoms with van der Waals surface area (Å²) in [5.41, 5.74) is 2.58. The van der Waals surface area contributed by atoms with Crippen LogP contribution in [0.3, 0.4) is 0 Å². The Labute approximate surface area is 108 Å². The first kappa shape index (κ1) is 11.3. The van der Waals surface area contributed by atoms with Gasteiger partial charge in [0.25, 0.3) is 0 Å². The molecule has 19 heavy (non-hydrogen) atoms. The minimum Gasteiger partial charge on any atom is -0.243 e. The number of hydrogen-bond acceptors (Lipinski definition) is 4. The summed E-state index contributed by atoms with van der Waals surface area (Å²) >= 11 is 0. The zero-order valence-corrected chi connectivity index (χ0v) is 10.3. The molecular formula is C13H11N5O. The average Bonchev–Trinajstić information content (AvgIpc) is 2.77. The second-order valence-electron chi connectivity index (χ2n) is 4.06. The zero-order valence-electron chi connectivity index (χ0n) is 10.3. The number of fused-ring (bicyclic) bond motifs is 1. The standard InChI is InChI=1S/C13H11N5O/c1-3-17-13(19)18-12(14-16-17)11(9(2)15-18)10-7-5-4-6-8-10/h3-8H,1H2,2H3. The molecule has 1 aromatic carbocycles. The van der Waals surface area contributed by atoms with Gasteiger partial charge in [-0.05, 0) is 12.5 Å². The Morgan fingerprint density at radius 1 is 1.26 bits per heavy atom. The van der Waals surface area contributed by atoms with E-state index in [1.807, 2.05) is 37.3 Å². The number of rotatable bonds is 2. The van der Waals surface area contributed by atoms with Crippen molar-refractivity contribution >= 4 is 11.8 Å². The van der Waals surface area contributed by atoms with E-state index in [-0.39, 0.29) is 5.69 Å². The third-order valence-corrected chi connectivity index (χ3v) is 2.88. The van der Waals surface area contributed by atoms with Crippen molar-refractivity contribution in [3.8, 4) is 11.1 Å². The molecule has 0 saturated heterocycles. The van der Waals surface area contributed by atoms with E-state index in [4.69, 9.17) is 0 Å². The highest BCUT2D eigenvalue weighted by Crippen LogP contribution is 2.25. The molecular weight excluding hydrogens is 242 g/mol. The van der Waals surface area contributed by atoms with Crippen LogP contribution < -0.4 is 5.69 Å². The molecule has 0 saturated carbocycles. The summed E-state index contributed by atoms with van der Waals surface area (Å²) in [5, 5.41) is 12.1. The van der Waals surface area contributed by atoms with E-state index in [0.717, 1.165) is 21.5 Å². The predicted octanol–water partition coefficient (Wildman–Crippen LogP) is 1.36. The Kier molecular flexibility index (Phi) is 2.49. The quantitative estimate of drug-likeness (QED) is 0.691. The summed E-state index contributed by atoms with van der Waals surface area (Å²) in [4.78, 5) is 12.0. The molecule has 3 rings (SSSR count). The van der Waals surface area contributed by atoms with Gasteiger partial charge in [0.15, 0.2) is 5.65 Å².